The molecule has 3 rings (SSSR count). The highest BCUT2D eigenvalue weighted by Gasteiger charge is 2.47. The maximum Gasteiger partial charge on any atom is 0.308 e. The lowest BCUT2D eigenvalue weighted by Gasteiger charge is -2.24. The maximum absolute atomic E-state index is 12.6. The maximum atomic E-state index is 12.6. The van der Waals surface area contributed by atoms with Crippen LogP contribution in [-0.2, 0) is 20.9 Å². The van der Waals surface area contributed by atoms with Gasteiger partial charge in [0, 0.05) is 35.9 Å². The van der Waals surface area contributed by atoms with Gasteiger partial charge in [0.25, 0.3) is 0 Å². The molecule has 0 aromatic heterocycles. The van der Waals surface area contributed by atoms with Crippen LogP contribution in [0.25, 0.3) is 0 Å². The molecule has 154 valence electrons. The molecule has 4 atom stereocenters. The standard InChI is InChI=1S/C22H31NO4S/c1-4-16(22(25)27-3)6-5-7-20-18-12-21(24)23(19(18)14-28-20)13-15-8-10-17(26-2)11-9-15/h8-11,16,18-20H,4-7,12-14H2,1-3H3. The number of amides is 1. The first-order valence-electron chi connectivity index (χ1n) is 10.2. The predicted octanol–water partition coefficient (Wildman–Crippen LogP) is 3.90. The Hall–Kier alpha value is -1.69. The van der Waals surface area contributed by atoms with Crippen molar-refractivity contribution in [2.75, 3.05) is 20.0 Å². The summed E-state index contributed by atoms with van der Waals surface area (Å²) < 4.78 is 10.1. The number of ether oxygens (including phenoxy) is 2. The second-order valence-electron chi connectivity index (χ2n) is 7.74. The van der Waals surface area contributed by atoms with Crippen LogP contribution in [0.1, 0.15) is 44.6 Å². The third-order valence-corrected chi connectivity index (χ3v) is 7.71. The minimum absolute atomic E-state index is 0.00369. The smallest absolute Gasteiger partial charge is 0.308 e. The summed E-state index contributed by atoms with van der Waals surface area (Å²) in [6.45, 7) is 2.71. The molecule has 1 aromatic rings. The van der Waals surface area contributed by atoms with Crippen molar-refractivity contribution in [1.82, 2.24) is 4.90 Å². The lowest BCUT2D eigenvalue weighted by Crippen LogP contribution is -2.35. The molecule has 1 amide bonds. The Morgan fingerprint density at radius 1 is 1.29 bits per heavy atom. The van der Waals surface area contributed by atoms with Crippen LogP contribution < -0.4 is 4.74 Å². The summed E-state index contributed by atoms with van der Waals surface area (Å²) in [5.41, 5.74) is 1.15. The summed E-state index contributed by atoms with van der Waals surface area (Å²) in [7, 11) is 3.12. The van der Waals surface area contributed by atoms with Crippen molar-refractivity contribution in [3.05, 3.63) is 29.8 Å². The first kappa shape index (κ1) is 21.0. The van der Waals surface area contributed by atoms with E-state index in [1.54, 1.807) is 7.11 Å². The number of methoxy groups -OCH3 is 2. The second kappa shape index (κ2) is 9.68. The van der Waals surface area contributed by atoms with Gasteiger partial charge < -0.3 is 14.4 Å². The van der Waals surface area contributed by atoms with Crippen molar-refractivity contribution in [2.45, 2.75) is 56.9 Å². The van der Waals surface area contributed by atoms with Crippen LogP contribution in [0.2, 0.25) is 0 Å². The third kappa shape index (κ3) is 4.65. The van der Waals surface area contributed by atoms with E-state index in [1.165, 1.54) is 7.11 Å². The van der Waals surface area contributed by atoms with Crippen LogP contribution in [0, 0.1) is 11.8 Å². The molecule has 1 aromatic carbocycles. The molecule has 0 aliphatic carbocycles. The average Bonchev–Trinajstić information content (AvgIpc) is 3.24. The van der Waals surface area contributed by atoms with Crippen LogP contribution >= 0.6 is 11.8 Å². The van der Waals surface area contributed by atoms with Gasteiger partial charge in [-0.3, -0.25) is 9.59 Å². The van der Waals surface area contributed by atoms with Crippen LogP contribution in [-0.4, -0.2) is 48.0 Å². The molecule has 6 heteroatoms. The number of esters is 1. The van der Waals surface area contributed by atoms with Crippen LogP contribution in [0.15, 0.2) is 24.3 Å². The molecule has 4 unspecified atom stereocenters. The van der Waals surface area contributed by atoms with Crippen LogP contribution in [0.3, 0.4) is 0 Å². The SMILES string of the molecule is CCC(CCCC1SCC2C1CC(=O)N2Cc1ccc(OC)cc1)C(=O)OC. The fraction of sp³-hybridized carbons (Fsp3) is 0.636. The number of benzene rings is 1. The Morgan fingerprint density at radius 3 is 2.68 bits per heavy atom. The van der Waals surface area contributed by atoms with Gasteiger partial charge in [0.2, 0.25) is 5.91 Å². The number of likely N-dealkylation sites (tertiary alicyclic amines) is 1. The molecule has 0 bridgehead atoms. The van der Waals surface area contributed by atoms with Gasteiger partial charge in [0.1, 0.15) is 5.75 Å². The zero-order valence-electron chi connectivity index (χ0n) is 17.1. The fourth-order valence-corrected chi connectivity index (χ4v) is 6.19. The van der Waals surface area contributed by atoms with E-state index in [0.717, 1.165) is 42.7 Å². The predicted molar refractivity (Wildman–Crippen MR) is 111 cm³/mol. The molecule has 2 saturated heterocycles. The minimum atomic E-state index is -0.0961. The van der Waals surface area contributed by atoms with E-state index < -0.39 is 0 Å². The zero-order chi connectivity index (χ0) is 20.1. The fourth-order valence-electron chi connectivity index (χ4n) is 4.46. The van der Waals surface area contributed by atoms with Gasteiger partial charge in [0.15, 0.2) is 0 Å². The van der Waals surface area contributed by atoms with Crippen molar-refractivity contribution in [3.8, 4) is 5.75 Å². The van der Waals surface area contributed by atoms with Gasteiger partial charge in [0.05, 0.1) is 20.1 Å². The highest BCUT2D eigenvalue weighted by molar-refractivity contribution is 8.00. The molecule has 2 aliphatic heterocycles. The van der Waals surface area contributed by atoms with Gasteiger partial charge in [-0.05, 0) is 37.0 Å². The molecule has 2 aliphatic rings. The minimum Gasteiger partial charge on any atom is -0.497 e. The Labute approximate surface area is 172 Å². The number of fused-ring (bicyclic) bond motifs is 1. The van der Waals surface area contributed by atoms with Gasteiger partial charge in [-0.2, -0.15) is 11.8 Å². The highest BCUT2D eigenvalue weighted by Crippen LogP contribution is 2.45. The second-order valence-corrected chi connectivity index (χ2v) is 9.01. The van der Waals surface area contributed by atoms with Crippen molar-refractivity contribution in [1.29, 1.82) is 0 Å². The van der Waals surface area contributed by atoms with E-state index in [0.29, 0.717) is 30.2 Å². The zero-order valence-corrected chi connectivity index (χ0v) is 17.9. The van der Waals surface area contributed by atoms with Crippen LogP contribution in [0.5, 0.6) is 5.75 Å². The number of hydrogen-bond donors (Lipinski definition) is 0. The summed E-state index contributed by atoms with van der Waals surface area (Å²) in [5, 5.41) is 0.518. The number of nitrogens with zero attached hydrogens (tertiary/aromatic N) is 1. The molecule has 0 radical (unpaired) electrons. The van der Waals surface area contributed by atoms with E-state index in [9.17, 15) is 9.59 Å². The van der Waals surface area contributed by atoms with Gasteiger partial charge in [-0.1, -0.05) is 25.5 Å². The molecule has 0 N–H and O–H groups in total. The third-order valence-electron chi connectivity index (χ3n) is 6.16. The number of carbonyl (C=O) groups is 2. The molecular weight excluding hydrogens is 374 g/mol. The summed E-state index contributed by atoms with van der Waals surface area (Å²) in [6, 6.07) is 8.32. The van der Waals surface area contributed by atoms with Gasteiger partial charge in [-0.25, -0.2) is 0 Å². The Kier molecular flexibility index (Phi) is 7.27. The lowest BCUT2D eigenvalue weighted by molar-refractivity contribution is -0.145. The van der Waals surface area contributed by atoms with Crippen molar-refractivity contribution in [3.63, 3.8) is 0 Å². The first-order chi connectivity index (χ1) is 13.6. The number of thioether (sulfide) groups is 1. The Morgan fingerprint density at radius 2 is 2.04 bits per heavy atom. The van der Waals surface area contributed by atoms with Gasteiger partial charge >= 0.3 is 5.97 Å². The highest BCUT2D eigenvalue weighted by atomic mass is 32.2. The number of hydrogen-bond acceptors (Lipinski definition) is 5. The van der Waals surface area contributed by atoms with E-state index in [2.05, 4.69) is 4.90 Å². The Bertz CT molecular complexity index is 678. The number of rotatable bonds is 9. The average molecular weight is 406 g/mol. The molecular formula is C22H31NO4S. The monoisotopic (exact) mass is 405 g/mol. The molecule has 5 nitrogen and oxygen atoms in total. The van der Waals surface area contributed by atoms with Gasteiger partial charge in [-0.15, -0.1) is 0 Å². The van der Waals surface area contributed by atoms with E-state index in [-0.39, 0.29) is 17.8 Å². The topological polar surface area (TPSA) is 55.8 Å². The Balaban J connectivity index is 1.53. The molecule has 2 fully saturated rings. The number of carbonyl (C=O) groups excluding carboxylic acids is 2. The van der Waals surface area contributed by atoms with E-state index in [1.807, 2.05) is 43.0 Å². The summed E-state index contributed by atoms with van der Waals surface area (Å²) in [5.74, 6) is 2.48. The molecule has 0 spiro atoms. The largest absolute Gasteiger partial charge is 0.497 e. The molecule has 28 heavy (non-hydrogen) atoms. The normalized spacial score (nSPS) is 24.9. The lowest BCUT2D eigenvalue weighted by atomic mass is 9.92. The summed E-state index contributed by atoms with van der Waals surface area (Å²) in [6.07, 6.45) is 4.45. The molecule has 2 heterocycles. The quantitative estimate of drug-likeness (QED) is 0.583. The molecule has 0 saturated carbocycles. The first-order valence-corrected chi connectivity index (χ1v) is 11.2. The van der Waals surface area contributed by atoms with E-state index in [4.69, 9.17) is 9.47 Å². The van der Waals surface area contributed by atoms with E-state index >= 15 is 0 Å². The van der Waals surface area contributed by atoms with Crippen LogP contribution in [0.4, 0.5) is 0 Å². The van der Waals surface area contributed by atoms with Crippen molar-refractivity contribution in [2.24, 2.45) is 11.8 Å². The summed E-state index contributed by atoms with van der Waals surface area (Å²) >= 11 is 2.00. The van der Waals surface area contributed by atoms with Crippen molar-refractivity contribution < 1.29 is 19.1 Å². The van der Waals surface area contributed by atoms with Crippen molar-refractivity contribution >= 4 is 23.6 Å². The summed E-state index contributed by atoms with van der Waals surface area (Å²) in [4.78, 5) is 26.5.